The molecule has 7 atom stereocenters. The van der Waals surface area contributed by atoms with Gasteiger partial charge in [-0.25, -0.2) is 4.98 Å². The van der Waals surface area contributed by atoms with E-state index in [1.54, 1.807) is 56.6 Å². The second-order valence-electron chi connectivity index (χ2n) is 21.1. The molecule has 3 N–H and O–H groups in total. The highest BCUT2D eigenvalue weighted by Crippen LogP contribution is 2.41. The number of anilines is 2. The molecule has 2 bridgehead atoms. The fourth-order valence-corrected chi connectivity index (χ4v) is 10.6. The van der Waals surface area contributed by atoms with Crippen LogP contribution >= 0.6 is 0 Å². The van der Waals surface area contributed by atoms with Gasteiger partial charge < -0.3 is 39.6 Å². The Balaban J connectivity index is 1.01. The number of carboxylic acid groups (broad SMARTS) is 1. The lowest BCUT2D eigenvalue weighted by Gasteiger charge is -2.39. The zero-order valence-electron chi connectivity index (χ0n) is 42.2. The van der Waals surface area contributed by atoms with E-state index in [0.717, 1.165) is 30.8 Å². The minimum atomic E-state index is -1.14. The number of carbonyl (C=O) groups excluding carboxylic acids is 3. The van der Waals surface area contributed by atoms with Gasteiger partial charge in [-0.2, -0.15) is 0 Å². The lowest BCUT2D eigenvalue weighted by atomic mass is 9.98. The molecule has 3 aromatic heterocycles. The van der Waals surface area contributed by atoms with Crippen LogP contribution in [0, 0.1) is 24.7 Å². The van der Waals surface area contributed by atoms with Crippen molar-refractivity contribution in [2.75, 3.05) is 42.6 Å². The third-order valence-electron chi connectivity index (χ3n) is 14.3. The number of esters is 1. The second-order valence-corrected chi connectivity index (χ2v) is 21.1. The number of aliphatic carboxylic acids is 1. The minimum Gasteiger partial charge on any atom is -0.481 e. The molecule has 3 unspecified atom stereocenters. The monoisotopic (exact) mass is 985 g/mol. The summed E-state index contributed by atoms with van der Waals surface area (Å²) in [5, 5.41) is 16.5. The number of aromatic nitrogens is 4. The molecule has 2 amide bonds. The molecule has 1 saturated carbocycles. The molecule has 2 aliphatic heterocycles. The number of rotatable bonds is 20. The van der Waals surface area contributed by atoms with Gasteiger partial charge in [-0.05, 0) is 124 Å². The van der Waals surface area contributed by atoms with Crippen molar-refractivity contribution < 1.29 is 33.8 Å². The molecule has 0 spiro atoms. The zero-order chi connectivity index (χ0) is 51.3. The average molecular weight is 985 g/mol. The normalized spacial score (nSPS) is 19.4. The predicted octanol–water partition coefficient (Wildman–Crippen LogP) is 6.84. The van der Waals surface area contributed by atoms with Crippen LogP contribution in [-0.2, 0) is 28.7 Å². The topological polar surface area (TPSA) is 207 Å². The summed E-state index contributed by atoms with van der Waals surface area (Å²) in [6.07, 6.45) is 9.37. The summed E-state index contributed by atoms with van der Waals surface area (Å²) in [7, 11) is 0. The van der Waals surface area contributed by atoms with Crippen molar-refractivity contribution in [2.24, 2.45) is 17.8 Å². The number of benzene rings is 2. The van der Waals surface area contributed by atoms with E-state index in [4.69, 9.17) is 9.47 Å². The molecule has 2 saturated heterocycles. The lowest BCUT2D eigenvalue weighted by Crippen LogP contribution is -2.48. The number of ether oxygens (including phenoxy) is 2. The SMILES string of the molecule is Cc1ccn([C@@H](CC(C)COC(=O)C[C@H](NC(=O)[C@H](CC(C)C)n2cnc3ccccc3c2=O)c2cccc(N3CC4CCC3C4)c2)C(=O)N[C@@H](CC(=O)O)c2cncc(N3CCOC(C)(C)C3)c2)c(=O)c1. The highest BCUT2D eigenvalue weighted by atomic mass is 16.5. The number of hydrogen-bond donors (Lipinski definition) is 3. The van der Waals surface area contributed by atoms with Crippen molar-refractivity contribution in [2.45, 2.75) is 122 Å². The first-order chi connectivity index (χ1) is 34.4. The number of para-hydroxylation sites is 1. The smallest absolute Gasteiger partial charge is 0.308 e. The zero-order valence-corrected chi connectivity index (χ0v) is 42.2. The Morgan fingerprint density at radius 1 is 0.861 bits per heavy atom. The highest BCUT2D eigenvalue weighted by Gasteiger charge is 2.38. The molecule has 3 fully saturated rings. The van der Waals surface area contributed by atoms with Crippen molar-refractivity contribution in [3.05, 3.63) is 129 Å². The largest absolute Gasteiger partial charge is 0.481 e. The Bertz CT molecular complexity index is 2900. The van der Waals surface area contributed by atoms with Gasteiger partial charge in [0.25, 0.3) is 11.1 Å². The van der Waals surface area contributed by atoms with Gasteiger partial charge in [0.15, 0.2) is 0 Å². The summed E-state index contributed by atoms with van der Waals surface area (Å²) in [4.78, 5) is 96.3. The van der Waals surface area contributed by atoms with Gasteiger partial charge in [-0.3, -0.25) is 38.3 Å². The van der Waals surface area contributed by atoms with E-state index < -0.39 is 71.4 Å². The van der Waals surface area contributed by atoms with E-state index in [1.807, 2.05) is 52.0 Å². The molecule has 5 aromatic rings. The van der Waals surface area contributed by atoms with Gasteiger partial charge in [0, 0.05) is 49.8 Å². The minimum absolute atomic E-state index is 0.0269. The van der Waals surface area contributed by atoms with Gasteiger partial charge in [0.2, 0.25) is 11.8 Å². The number of nitrogens with zero attached hydrogens (tertiary/aromatic N) is 6. The molecule has 17 nitrogen and oxygen atoms in total. The number of morpholine rings is 1. The van der Waals surface area contributed by atoms with Crippen LogP contribution < -0.4 is 31.6 Å². The Kier molecular flexibility index (Phi) is 15.9. The molecule has 0 radical (unpaired) electrons. The number of carboxylic acids is 1. The van der Waals surface area contributed by atoms with E-state index in [-0.39, 0.29) is 30.9 Å². The van der Waals surface area contributed by atoms with Gasteiger partial charge in [0.1, 0.15) is 12.1 Å². The van der Waals surface area contributed by atoms with Crippen molar-refractivity contribution in [1.29, 1.82) is 0 Å². The fourth-order valence-electron chi connectivity index (χ4n) is 10.6. The maximum absolute atomic E-state index is 14.6. The number of aryl methyl sites for hydroxylation is 1. The summed E-state index contributed by atoms with van der Waals surface area (Å²) < 4.78 is 14.5. The number of piperidine rings is 1. The maximum Gasteiger partial charge on any atom is 0.308 e. The highest BCUT2D eigenvalue weighted by molar-refractivity contribution is 5.83. The van der Waals surface area contributed by atoms with Gasteiger partial charge >= 0.3 is 11.9 Å². The van der Waals surface area contributed by atoms with Crippen LogP contribution in [0.25, 0.3) is 10.9 Å². The summed E-state index contributed by atoms with van der Waals surface area (Å²) in [6, 6.07) is 16.4. The number of hydrogen-bond acceptors (Lipinski definition) is 12. The quantitative estimate of drug-likeness (QED) is 0.0684. The van der Waals surface area contributed by atoms with Crippen LogP contribution in [0.4, 0.5) is 11.4 Å². The van der Waals surface area contributed by atoms with Crippen LogP contribution in [-0.4, -0.2) is 92.5 Å². The Labute approximate surface area is 419 Å². The van der Waals surface area contributed by atoms with E-state index in [1.165, 1.54) is 34.1 Å². The Hall–Kier alpha value is -6.88. The van der Waals surface area contributed by atoms with Crippen LogP contribution in [0.15, 0.2) is 101 Å². The number of fused-ring (bicyclic) bond motifs is 3. The Morgan fingerprint density at radius 3 is 2.29 bits per heavy atom. The number of nitrogens with one attached hydrogen (secondary N) is 2. The first-order valence-electron chi connectivity index (χ1n) is 25.2. The van der Waals surface area contributed by atoms with E-state index >= 15 is 0 Å². The molecule has 3 aliphatic rings. The van der Waals surface area contributed by atoms with Gasteiger partial charge in [-0.15, -0.1) is 0 Å². The van der Waals surface area contributed by atoms with Gasteiger partial charge in [0.05, 0.1) is 72.9 Å². The summed E-state index contributed by atoms with van der Waals surface area (Å²) in [5.74, 6) is -2.58. The maximum atomic E-state index is 14.6. The Morgan fingerprint density at radius 2 is 1.60 bits per heavy atom. The number of carbonyl (C=O) groups is 4. The molecule has 1 aliphatic carbocycles. The molecule has 5 heterocycles. The number of amides is 2. The average Bonchev–Trinajstić information content (AvgIpc) is 3.99. The third-order valence-corrected chi connectivity index (χ3v) is 14.3. The van der Waals surface area contributed by atoms with E-state index in [9.17, 15) is 33.9 Å². The lowest BCUT2D eigenvalue weighted by molar-refractivity contribution is -0.146. The van der Waals surface area contributed by atoms with Crippen molar-refractivity contribution >= 4 is 46.0 Å². The molecule has 17 heteroatoms. The molecule has 382 valence electrons. The molecule has 72 heavy (non-hydrogen) atoms. The fraction of sp³-hybridized carbons (Fsp3) is 0.491. The van der Waals surface area contributed by atoms with Crippen LogP contribution in [0.3, 0.4) is 0 Å². The van der Waals surface area contributed by atoms with E-state index in [0.29, 0.717) is 65.7 Å². The van der Waals surface area contributed by atoms with Crippen molar-refractivity contribution in [1.82, 2.24) is 29.7 Å². The molecule has 8 rings (SSSR count). The first kappa shape index (κ1) is 51.5. The number of pyridine rings is 2. The van der Waals surface area contributed by atoms with Gasteiger partial charge in [-0.1, -0.05) is 45.0 Å². The molecular formula is C55H68N8O9. The predicted molar refractivity (Wildman–Crippen MR) is 274 cm³/mol. The van der Waals surface area contributed by atoms with Crippen molar-refractivity contribution in [3.8, 4) is 0 Å². The standard InChI is InChI=1S/C55H68N8O9/c1-34(2)20-47(63-33-57-44-13-8-7-12-43(44)54(63)70)52(68)59-46(38-10-9-11-40(24-38)62-30-37-14-15-41(62)23-37)27-51(67)71-31-36(4)21-48(61-17-16-35(3)22-49(61)64)53(69)58-45(26-50(65)66)39-25-42(29-56-28-39)60-18-19-72-55(5,6)32-60/h7-13,16-17,22,24-25,28-29,33-34,36-37,41,45-48H,14-15,18-21,23,26-27,30-32H2,1-6H3,(H,58,69)(H,59,68)(H,65,66)/t36?,37?,41?,45-,46-,47-,48-/m0/s1. The molecular weight excluding hydrogens is 917 g/mol. The van der Waals surface area contributed by atoms with Crippen molar-refractivity contribution in [3.63, 3.8) is 0 Å². The van der Waals surface area contributed by atoms with E-state index in [2.05, 4.69) is 36.5 Å². The molecule has 2 aromatic carbocycles. The summed E-state index contributed by atoms with van der Waals surface area (Å²) in [6.45, 7) is 14.0. The van der Waals surface area contributed by atoms with Crippen LogP contribution in [0.1, 0.15) is 120 Å². The summed E-state index contributed by atoms with van der Waals surface area (Å²) in [5.41, 5.74) is 3.03. The van der Waals surface area contributed by atoms with Crippen LogP contribution in [0.2, 0.25) is 0 Å². The van der Waals surface area contributed by atoms with Crippen LogP contribution in [0.5, 0.6) is 0 Å². The summed E-state index contributed by atoms with van der Waals surface area (Å²) >= 11 is 0. The third kappa shape index (κ3) is 12.4. The second kappa shape index (κ2) is 22.3. The first-order valence-corrected chi connectivity index (χ1v) is 25.2.